The first-order chi connectivity index (χ1) is 9.22. The summed E-state index contributed by atoms with van der Waals surface area (Å²) in [5.74, 6) is 4.21. The molecule has 0 amide bonds. The summed E-state index contributed by atoms with van der Waals surface area (Å²) in [5, 5.41) is 3.46. The number of terminal acetylenes is 1. The van der Waals surface area contributed by atoms with Crippen molar-refractivity contribution in [3.8, 4) is 23.8 Å². The molecule has 19 heavy (non-hydrogen) atoms. The van der Waals surface area contributed by atoms with E-state index in [1.165, 1.54) is 0 Å². The lowest BCUT2D eigenvalue weighted by Gasteiger charge is -2.18. The molecular formula is C16H23NO2. The van der Waals surface area contributed by atoms with Crippen molar-refractivity contribution in [2.45, 2.75) is 32.7 Å². The third-order valence-electron chi connectivity index (χ3n) is 2.89. The third kappa shape index (κ3) is 4.84. The van der Waals surface area contributed by atoms with Crippen LogP contribution in [0.1, 0.15) is 38.3 Å². The van der Waals surface area contributed by atoms with E-state index < -0.39 is 0 Å². The van der Waals surface area contributed by atoms with Gasteiger partial charge in [-0.2, -0.15) is 0 Å². The van der Waals surface area contributed by atoms with Crippen molar-refractivity contribution in [3.05, 3.63) is 23.8 Å². The first-order valence-electron chi connectivity index (χ1n) is 6.70. The number of benzene rings is 1. The SMILES string of the molecule is C#CCCOc1cc(OC)ccc1C(C)NCCC. The van der Waals surface area contributed by atoms with E-state index in [9.17, 15) is 0 Å². The minimum Gasteiger partial charge on any atom is -0.497 e. The van der Waals surface area contributed by atoms with Gasteiger partial charge in [-0.25, -0.2) is 0 Å². The van der Waals surface area contributed by atoms with Gasteiger partial charge in [-0.3, -0.25) is 0 Å². The highest BCUT2D eigenvalue weighted by atomic mass is 16.5. The Morgan fingerprint density at radius 1 is 1.42 bits per heavy atom. The molecule has 1 N–H and O–H groups in total. The number of ether oxygens (including phenoxy) is 2. The Morgan fingerprint density at radius 2 is 2.21 bits per heavy atom. The fourth-order valence-electron chi connectivity index (χ4n) is 1.82. The van der Waals surface area contributed by atoms with Crippen LogP contribution in [0, 0.1) is 12.3 Å². The topological polar surface area (TPSA) is 30.5 Å². The molecule has 1 rings (SSSR count). The standard InChI is InChI=1S/C16H23NO2/c1-5-7-11-19-16-12-14(18-4)8-9-15(16)13(3)17-10-6-2/h1,8-9,12-13,17H,6-7,10-11H2,2-4H3. The zero-order valence-electron chi connectivity index (χ0n) is 12.0. The normalized spacial score (nSPS) is 11.7. The largest absolute Gasteiger partial charge is 0.497 e. The summed E-state index contributed by atoms with van der Waals surface area (Å²) in [6.45, 7) is 5.79. The lowest BCUT2D eigenvalue weighted by molar-refractivity contribution is 0.317. The Labute approximate surface area is 116 Å². The highest BCUT2D eigenvalue weighted by Crippen LogP contribution is 2.29. The molecule has 3 heteroatoms. The maximum atomic E-state index is 5.76. The van der Waals surface area contributed by atoms with Gasteiger partial charge >= 0.3 is 0 Å². The number of methoxy groups -OCH3 is 1. The number of hydrogen-bond acceptors (Lipinski definition) is 3. The summed E-state index contributed by atoms with van der Waals surface area (Å²) in [6, 6.07) is 6.15. The zero-order chi connectivity index (χ0) is 14.1. The molecule has 0 spiro atoms. The molecule has 0 saturated heterocycles. The maximum Gasteiger partial charge on any atom is 0.127 e. The molecule has 0 aromatic heterocycles. The molecule has 0 saturated carbocycles. The summed E-state index contributed by atoms with van der Waals surface area (Å²) in [6.07, 6.45) is 6.95. The van der Waals surface area contributed by atoms with Crippen molar-refractivity contribution < 1.29 is 9.47 Å². The van der Waals surface area contributed by atoms with E-state index in [0.29, 0.717) is 13.0 Å². The van der Waals surface area contributed by atoms with Crippen LogP contribution in [-0.2, 0) is 0 Å². The van der Waals surface area contributed by atoms with E-state index in [1.54, 1.807) is 7.11 Å². The van der Waals surface area contributed by atoms with Crippen LogP contribution in [0.15, 0.2) is 18.2 Å². The van der Waals surface area contributed by atoms with Crippen molar-refractivity contribution in [2.24, 2.45) is 0 Å². The van der Waals surface area contributed by atoms with Gasteiger partial charge in [0.1, 0.15) is 11.5 Å². The van der Waals surface area contributed by atoms with E-state index in [2.05, 4.69) is 25.1 Å². The van der Waals surface area contributed by atoms with Crippen LogP contribution < -0.4 is 14.8 Å². The van der Waals surface area contributed by atoms with Crippen molar-refractivity contribution >= 4 is 0 Å². The summed E-state index contributed by atoms with van der Waals surface area (Å²) < 4.78 is 11.0. The third-order valence-corrected chi connectivity index (χ3v) is 2.89. The van der Waals surface area contributed by atoms with Crippen LogP contribution in [-0.4, -0.2) is 20.3 Å². The Balaban J connectivity index is 2.85. The Hall–Kier alpha value is -1.66. The lowest BCUT2D eigenvalue weighted by atomic mass is 10.1. The minimum absolute atomic E-state index is 0.242. The van der Waals surface area contributed by atoms with E-state index in [0.717, 1.165) is 30.0 Å². The van der Waals surface area contributed by atoms with Gasteiger partial charge in [0.25, 0.3) is 0 Å². The Bertz CT molecular complexity index is 423. The molecule has 0 aliphatic rings. The molecule has 0 radical (unpaired) electrons. The summed E-state index contributed by atoms with van der Waals surface area (Å²) >= 11 is 0. The van der Waals surface area contributed by atoms with Crippen LogP contribution in [0.2, 0.25) is 0 Å². The van der Waals surface area contributed by atoms with Gasteiger partial charge < -0.3 is 14.8 Å². The smallest absolute Gasteiger partial charge is 0.127 e. The van der Waals surface area contributed by atoms with Crippen LogP contribution in [0.25, 0.3) is 0 Å². The van der Waals surface area contributed by atoms with E-state index >= 15 is 0 Å². The summed E-state index contributed by atoms with van der Waals surface area (Å²) in [4.78, 5) is 0. The van der Waals surface area contributed by atoms with Gasteiger partial charge in [-0.15, -0.1) is 12.3 Å². The lowest BCUT2D eigenvalue weighted by Crippen LogP contribution is -2.20. The van der Waals surface area contributed by atoms with Crippen molar-refractivity contribution in [1.82, 2.24) is 5.32 Å². The molecule has 1 aromatic carbocycles. The monoisotopic (exact) mass is 261 g/mol. The van der Waals surface area contributed by atoms with Crippen LogP contribution in [0.4, 0.5) is 0 Å². The summed E-state index contributed by atoms with van der Waals surface area (Å²) in [7, 11) is 1.65. The fourth-order valence-corrected chi connectivity index (χ4v) is 1.82. The van der Waals surface area contributed by atoms with Gasteiger partial charge in [0.15, 0.2) is 0 Å². The van der Waals surface area contributed by atoms with E-state index in [4.69, 9.17) is 15.9 Å². The predicted octanol–water partition coefficient (Wildman–Crippen LogP) is 3.16. The molecule has 0 aliphatic carbocycles. The molecule has 1 unspecified atom stereocenters. The fraction of sp³-hybridized carbons (Fsp3) is 0.500. The van der Waals surface area contributed by atoms with Crippen LogP contribution in [0.3, 0.4) is 0 Å². The molecule has 1 atom stereocenters. The second-order valence-corrected chi connectivity index (χ2v) is 4.38. The molecule has 1 aromatic rings. The van der Waals surface area contributed by atoms with Crippen molar-refractivity contribution in [1.29, 1.82) is 0 Å². The average molecular weight is 261 g/mol. The maximum absolute atomic E-state index is 5.76. The Morgan fingerprint density at radius 3 is 2.84 bits per heavy atom. The quantitative estimate of drug-likeness (QED) is 0.576. The molecule has 0 bridgehead atoms. The second kappa shape index (κ2) is 8.44. The first-order valence-corrected chi connectivity index (χ1v) is 6.70. The molecule has 104 valence electrons. The first kappa shape index (κ1) is 15.4. The molecule has 3 nitrogen and oxygen atoms in total. The molecule has 0 heterocycles. The molecule has 0 aliphatic heterocycles. The van der Waals surface area contributed by atoms with Crippen LogP contribution in [0.5, 0.6) is 11.5 Å². The molecule has 0 fully saturated rings. The Kier molecular flexibility index (Phi) is 6.84. The molecular weight excluding hydrogens is 238 g/mol. The highest BCUT2D eigenvalue weighted by Gasteiger charge is 2.12. The number of hydrogen-bond donors (Lipinski definition) is 1. The zero-order valence-corrected chi connectivity index (χ0v) is 12.0. The van der Waals surface area contributed by atoms with Crippen LogP contribution >= 0.6 is 0 Å². The van der Waals surface area contributed by atoms with Crippen molar-refractivity contribution in [2.75, 3.05) is 20.3 Å². The van der Waals surface area contributed by atoms with E-state index in [1.807, 2.05) is 18.2 Å². The van der Waals surface area contributed by atoms with Gasteiger partial charge in [-0.1, -0.05) is 13.0 Å². The van der Waals surface area contributed by atoms with E-state index in [-0.39, 0.29) is 6.04 Å². The van der Waals surface area contributed by atoms with Gasteiger partial charge in [0.05, 0.1) is 13.7 Å². The summed E-state index contributed by atoms with van der Waals surface area (Å²) in [5.41, 5.74) is 1.13. The predicted molar refractivity (Wildman–Crippen MR) is 78.6 cm³/mol. The van der Waals surface area contributed by atoms with Gasteiger partial charge in [0.2, 0.25) is 0 Å². The number of nitrogens with one attached hydrogen (secondary N) is 1. The van der Waals surface area contributed by atoms with Gasteiger partial charge in [-0.05, 0) is 26.0 Å². The van der Waals surface area contributed by atoms with Crippen molar-refractivity contribution in [3.63, 3.8) is 0 Å². The minimum atomic E-state index is 0.242. The highest BCUT2D eigenvalue weighted by molar-refractivity contribution is 5.42. The van der Waals surface area contributed by atoms with Gasteiger partial charge in [0, 0.05) is 24.1 Å². The second-order valence-electron chi connectivity index (χ2n) is 4.38. The number of rotatable bonds is 8. The average Bonchev–Trinajstić information content (AvgIpc) is 2.44.